The van der Waals surface area contributed by atoms with E-state index in [0.717, 1.165) is 69.8 Å². The first-order chi connectivity index (χ1) is 16.3. The molecule has 0 bridgehead atoms. The van der Waals surface area contributed by atoms with Crippen LogP contribution in [0.15, 0.2) is 61.1 Å². The van der Waals surface area contributed by atoms with Crippen LogP contribution in [0.3, 0.4) is 0 Å². The molecule has 1 aromatic carbocycles. The summed E-state index contributed by atoms with van der Waals surface area (Å²) in [6, 6.07) is 13.6. The van der Waals surface area contributed by atoms with E-state index < -0.39 is 0 Å². The van der Waals surface area contributed by atoms with E-state index in [1.807, 2.05) is 48.7 Å². The molecule has 1 amide bonds. The summed E-state index contributed by atoms with van der Waals surface area (Å²) in [7, 11) is 0. The normalized spacial score (nSPS) is 16.5. The lowest BCUT2D eigenvalue weighted by atomic mass is 10.1. The molecule has 2 saturated heterocycles. The van der Waals surface area contributed by atoms with Gasteiger partial charge in [0.2, 0.25) is 0 Å². The van der Waals surface area contributed by atoms with Gasteiger partial charge in [-0.2, -0.15) is 0 Å². The van der Waals surface area contributed by atoms with E-state index in [0.29, 0.717) is 11.4 Å². The highest BCUT2D eigenvalue weighted by atomic mass is 16.5. The summed E-state index contributed by atoms with van der Waals surface area (Å²) >= 11 is 0. The van der Waals surface area contributed by atoms with Crippen molar-refractivity contribution in [2.45, 2.75) is 0 Å². The minimum atomic E-state index is -0.199. The lowest BCUT2D eigenvalue weighted by Crippen LogP contribution is -2.47. The Labute approximate surface area is 193 Å². The highest BCUT2D eigenvalue weighted by Gasteiger charge is 2.19. The molecule has 2 fully saturated rings. The monoisotopic (exact) mass is 445 g/mol. The van der Waals surface area contributed by atoms with Gasteiger partial charge in [-0.25, -0.2) is 15.0 Å². The Morgan fingerprint density at radius 1 is 0.758 bits per heavy atom. The van der Waals surface area contributed by atoms with E-state index in [4.69, 9.17) is 4.74 Å². The molecular formula is C24H27N7O2. The van der Waals surface area contributed by atoms with Crippen molar-refractivity contribution in [2.75, 3.05) is 72.5 Å². The molecule has 0 spiro atoms. The maximum atomic E-state index is 12.6. The zero-order valence-electron chi connectivity index (χ0n) is 18.4. The predicted molar refractivity (Wildman–Crippen MR) is 128 cm³/mol. The van der Waals surface area contributed by atoms with Gasteiger partial charge in [0.05, 0.1) is 25.6 Å². The van der Waals surface area contributed by atoms with Crippen LogP contribution in [-0.2, 0) is 4.74 Å². The SMILES string of the molecule is O=C(Nc1cnc(N2CCN(c3ccccn3)CC2)cn1)c1ccc(N2CCOCC2)cc1. The Morgan fingerprint density at radius 3 is 2.12 bits per heavy atom. The number of ether oxygens (including phenoxy) is 1. The topological polar surface area (TPSA) is 86.7 Å². The molecular weight excluding hydrogens is 418 g/mol. The lowest BCUT2D eigenvalue weighted by molar-refractivity contribution is 0.102. The van der Waals surface area contributed by atoms with Gasteiger partial charge in [-0.05, 0) is 36.4 Å². The average Bonchev–Trinajstić information content (AvgIpc) is 2.90. The third kappa shape index (κ3) is 5.04. The summed E-state index contributed by atoms with van der Waals surface area (Å²) in [5, 5.41) is 2.83. The van der Waals surface area contributed by atoms with Crippen LogP contribution >= 0.6 is 0 Å². The number of aromatic nitrogens is 3. The number of hydrogen-bond acceptors (Lipinski definition) is 8. The fourth-order valence-electron chi connectivity index (χ4n) is 4.09. The Balaban J connectivity index is 1.15. The molecule has 2 aliphatic rings. The van der Waals surface area contributed by atoms with Gasteiger partial charge >= 0.3 is 0 Å². The van der Waals surface area contributed by atoms with Crippen molar-refractivity contribution in [3.05, 3.63) is 66.6 Å². The van der Waals surface area contributed by atoms with Gasteiger partial charge in [0.15, 0.2) is 5.82 Å². The molecule has 3 aromatic rings. The smallest absolute Gasteiger partial charge is 0.256 e. The molecule has 0 unspecified atom stereocenters. The summed E-state index contributed by atoms with van der Waals surface area (Å²) in [6.07, 6.45) is 5.15. The zero-order valence-corrected chi connectivity index (χ0v) is 18.4. The number of amides is 1. The van der Waals surface area contributed by atoms with Crippen LogP contribution in [0, 0.1) is 0 Å². The first-order valence-corrected chi connectivity index (χ1v) is 11.2. The minimum absolute atomic E-state index is 0.199. The van der Waals surface area contributed by atoms with E-state index in [-0.39, 0.29) is 5.91 Å². The molecule has 0 atom stereocenters. The van der Waals surface area contributed by atoms with Crippen LogP contribution in [0.1, 0.15) is 10.4 Å². The minimum Gasteiger partial charge on any atom is -0.378 e. The molecule has 4 heterocycles. The highest BCUT2D eigenvalue weighted by Crippen LogP contribution is 2.19. The fraction of sp³-hybridized carbons (Fsp3) is 0.333. The van der Waals surface area contributed by atoms with Crippen molar-refractivity contribution in [3.8, 4) is 0 Å². The summed E-state index contributed by atoms with van der Waals surface area (Å²) in [4.78, 5) is 32.7. The standard InChI is InChI=1S/C24H27N7O2/c32-24(19-4-6-20(7-5-19)29-13-15-33-16-14-29)28-21-17-27-23(18-26-21)31-11-9-30(10-12-31)22-3-1-2-8-25-22/h1-8,17-18H,9-16H2,(H,26,28,32). The molecule has 9 nitrogen and oxygen atoms in total. The molecule has 0 radical (unpaired) electrons. The molecule has 33 heavy (non-hydrogen) atoms. The third-order valence-electron chi connectivity index (χ3n) is 5.96. The van der Waals surface area contributed by atoms with E-state index >= 15 is 0 Å². The number of nitrogens with one attached hydrogen (secondary N) is 1. The van der Waals surface area contributed by atoms with Gasteiger partial charge in [-0.1, -0.05) is 6.07 Å². The molecule has 170 valence electrons. The molecule has 2 aromatic heterocycles. The fourth-order valence-corrected chi connectivity index (χ4v) is 4.09. The number of carbonyl (C=O) groups is 1. The molecule has 1 N–H and O–H groups in total. The van der Waals surface area contributed by atoms with Crippen molar-refractivity contribution in [3.63, 3.8) is 0 Å². The third-order valence-corrected chi connectivity index (χ3v) is 5.96. The number of nitrogens with zero attached hydrogens (tertiary/aromatic N) is 6. The van der Waals surface area contributed by atoms with Crippen LogP contribution in [-0.4, -0.2) is 73.3 Å². The van der Waals surface area contributed by atoms with Gasteiger partial charge in [0, 0.05) is 56.7 Å². The van der Waals surface area contributed by atoms with Crippen molar-refractivity contribution in [1.29, 1.82) is 0 Å². The molecule has 5 rings (SSSR count). The number of pyridine rings is 1. The van der Waals surface area contributed by atoms with Gasteiger partial charge in [0.1, 0.15) is 11.6 Å². The number of piperazine rings is 1. The van der Waals surface area contributed by atoms with Crippen LogP contribution < -0.4 is 20.0 Å². The molecule has 0 aliphatic carbocycles. The summed E-state index contributed by atoms with van der Waals surface area (Å²) in [5.74, 6) is 2.05. The number of benzene rings is 1. The summed E-state index contributed by atoms with van der Waals surface area (Å²) < 4.78 is 5.39. The quantitative estimate of drug-likeness (QED) is 0.640. The predicted octanol–water partition coefficient (Wildman–Crippen LogP) is 2.29. The number of carbonyl (C=O) groups excluding carboxylic acids is 1. The Morgan fingerprint density at radius 2 is 1.48 bits per heavy atom. The number of morpholine rings is 1. The summed E-state index contributed by atoms with van der Waals surface area (Å²) in [5.41, 5.74) is 1.69. The average molecular weight is 446 g/mol. The second-order valence-electron chi connectivity index (χ2n) is 8.02. The Bertz CT molecular complexity index is 1050. The van der Waals surface area contributed by atoms with E-state index in [1.165, 1.54) is 0 Å². The Hall–Kier alpha value is -3.72. The largest absolute Gasteiger partial charge is 0.378 e. The number of anilines is 4. The first kappa shape index (κ1) is 21.1. The Kier molecular flexibility index (Phi) is 6.30. The van der Waals surface area contributed by atoms with Gasteiger partial charge in [0.25, 0.3) is 5.91 Å². The van der Waals surface area contributed by atoms with Gasteiger partial charge in [-0.15, -0.1) is 0 Å². The van der Waals surface area contributed by atoms with Gasteiger partial charge in [-0.3, -0.25) is 4.79 Å². The molecule has 0 saturated carbocycles. The van der Waals surface area contributed by atoms with Crippen LogP contribution in [0.25, 0.3) is 0 Å². The summed E-state index contributed by atoms with van der Waals surface area (Å²) in [6.45, 7) is 6.62. The second kappa shape index (κ2) is 9.83. The first-order valence-electron chi connectivity index (χ1n) is 11.2. The van der Waals surface area contributed by atoms with Gasteiger partial charge < -0.3 is 24.8 Å². The number of hydrogen-bond donors (Lipinski definition) is 1. The van der Waals surface area contributed by atoms with E-state index in [9.17, 15) is 4.79 Å². The number of rotatable bonds is 5. The van der Waals surface area contributed by atoms with Crippen LogP contribution in [0.4, 0.5) is 23.1 Å². The second-order valence-corrected chi connectivity index (χ2v) is 8.02. The van der Waals surface area contributed by atoms with Crippen LogP contribution in [0.5, 0.6) is 0 Å². The van der Waals surface area contributed by atoms with Crippen molar-refractivity contribution < 1.29 is 9.53 Å². The van der Waals surface area contributed by atoms with Crippen molar-refractivity contribution in [2.24, 2.45) is 0 Å². The lowest BCUT2D eigenvalue weighted by Gasteiger charge is -2.35. The van der Waals surface area contributed by atoms with E-state index in [2.05, 4.69) is 35.0 Å². The zero-order chi connectivity index (χ0) is 22.5. The maximum absolute atomic E-state index is 12.6. The van der Waals surface area contributed by atoms with Crippen molar-refractivity contribution in [1.82, 2.24) is 15.0 Å². The highest BCUT2D eigenvalue weighted by molar-refractivity contribution is 6.03. The van der Waals surface area contributed by atoms with E-state index in [1.54, 1.807) is 12.4 Å². The molecule has 9 heteroatoms. The van der Waals surface area contributed by atoms with Crippen LogP contribution in [0.2, 0.25) is 0 Å². The molecule has 2 aliphatic heterocycles. The van der Waals surface area contributed by atoms with Crippen molar-refractivity contribution >= 4 is 29.0 Å². The maximum Gasteiger partial charge on any atom is 0.256 e.